The third-order valence-electron chi connectivity index (χ3n) is 18.5. The van der Waals surface area contributed by atoms with Crippen molar-refractivity contribution in [2.45, 2.75) is 6.92 Å². The summed E-state index contributed by atoms with van der Waals surface area (Å²) >= 11 is 5.85. The van der Waals surface area contributed by atoms with Crippen LogP contribution in [0.3, 0.4) is 0 Å². The van der Waals surface area contributed by atoms with Crippen LogP contribution in [-0.4, -0.2) is 87.6 Å². The molecule has 16 aromatic rings. The second kappa shape index (κ2) is 39.0. The van der Waals surface area contributed by atoms with Crippen LogP contribution < -0.4 is 40.2 Å². The maximum absolute atomic E-state index is 14.0. The number of carbonyl (C=O) groups excluding carboxylic acids is 4. The molecule has 0 atom stereocenters. The Morgan fingerprint density at radius 3 is 0.828 bits per heavy atom. The van der Waals surface area contributed by atoms with Gasteiger partial charge in [0.15, 0.2) is 34.6 Å². The number of aryl methyl sites for hydroxylation is 1. The quantitative estimate of drug-likeness (QED) is 0.0316. The fraction of sp³-hybridized carbons (Fsp3) is 0.0515. The number of fused-ring (bicyclic) bond motifs is 4. The monoisotopic (exact) mass is 1700 g/mol. The maximum atomic E-state index is 14.0. The highest BCUT2D eigenvalue weighted by Gasteiger charge is 2.23. The highest BCUT2D eigenvalue weighted by Crippen LogP contribution is 2.52. The van der Waals surface area contributed by atoms with Crippen LogP contribution >= 0.6 is 45.3 Å². The van der Waals surface area contributed by atoms with Crippen molar-refractivity contribution in [1.82, 2.24) is 21.3 Å². The second-order valence-corrected chi connectivity index (χ2v) is 31.2. The lowest BCUT2D eigenvalue weighted by Gasteiger charge is -2.09. The molecule has 0 radical (unpaired) electrons. The fourth-order valence-electron chi connectivity index (χ4n) is 12.2. The zero-order valence-corrected chi connectivity index (χ0v) is 68.9. The zero-order chi connectivity index (χ0) is 86.1. The number of thiophene rings is 4. The lowest BCUT2D eigenvalue weighted by Crippen LogP contribution is -2.13. The third kappa shape index (κ3) is 21.3. The van der Waals surface area contributed by atoms with Gasteiger partial charge in [0.05, 0.1) is 19.5 Å². The third-order valence-corrected chi connectivity index (χ3v) is 23.2. The van der Waals surface area contributed by atoms with Gasteiger partial charge in [0.2, 0.25) is 23.6 Å². The number of benzene rings is 12. The summed E-state index contributed by atoms with van der Waals surface area (Å²) < 4.78 is 55.8. The molecule has 122 heavy (non-hydrogen) atoms. The number of ether oxygens (including phenoxy) is 4. The molecule has 0 bridgehead atoms. The SMILES string of the molecule is CNC(=O)/C=C/c1ccc(Oc2c(-c3ccc(F)cc3)sc3cc(O)ccc23)cc1.CNC(=O)/C=C/c1ccc(Oc2c(-c3ccc(O)c(C)c3)sc3cc(O)ccc23)cc1.CNC(=O)/C=C/c1ccc(Oc2c(-c3ccc(O)c(F)c3)sc3cc(O)ccc23)cc1.CNC(=O)/C=C/c1ccc(Oc2c(-c3ccc(O)cc3)sc3cc(O)ccc23)cc1. The minimum atomic E-state index is -0.726. The van der Waals surface area contributed by atoms with Crippen molar-refractivity contribution in [2.75, 3.05) is 28.2 Å². The molecule has 0 aliphatic heterocycles. The lowest BCUT2D eigenvalue weighted by molar-refractivity contribution is -0.116. The summed E-state index contributed by atoms with van der Waals surface area (Å²) in [5.74, 6) is 4.02. The first kappa shape index (κ1) is 84.9. The molecule has 612 valence electrons. The summed E-state index contributed by atoms with van der Waals surface area (Å²) in [6, 6.07) is 72.6. The number of likely N-dealkylation sites (N-methyl/N-ethyl adjacent to an activating group) is 4. The van der Waals surface area contributed by atoms with Crippen LogP contribution in [0.2, 0.25) is 0 Å². The van der Waals surface area contributed by atoms with Gasteiger partial charge in [-0.1, -0.05) is 60.7 Å². The van der Waals surface area contributed by atoms with Crippen LogP contribution in [-0.2, 0) is 19.2 Å². The van der Waals surface area contributed by atoms with Gasteiger partial charge in [0, 0.05) is 92.8 Å². The van der Waals surface area contributed by atoms with Crippen LogP contribution in [0.4, 0.5) is 8.78 Å². The molecule has 0 aliphatic rings. The molecule has 0 saturated carbocycles. The Morgan fingerprint density at radius 2 is 0.549 bits per heavy atom. The largest absolute Gasteiger partial charge is 0.508 e. The predicted octanol–water partition coefficient (Wildman–Crippen LogP) is 23.0. The lowest BCUT2D eigenvalue weighted by atomic mass is 10.1. The van der Waals surface area contributed by atoms with Gasteiger partial charge in [-0.25, -0.2) is 8.78 Å². The molecule has 4 aromatic heterocycles. The number of nitrogens with one attached hydrogen (secondary N) is 4. The van der Waals surface area contributed by atoms with Gasteiger partial charge in [-0.15, -0.1) is 45.3 Å². The Labute approximate surface area is 714 Å². The van der Waals surface area contributed by atoms with Gasteiger partial charge in [0.1, 0.15) is 63.3 Å². The average Bonchev–Trinajstić information content (AvgIpc) is 1.67. The molecule has 0 saturated heterocycles. The van der Waals surface area contributed by atoms with Crippen molar-refractivity contribution in [1.29, 1.82) is 0 Å². The van der Waals surface area contributed by atoms with Gasteiger partial charge >= 0.3 is 0 Å². The Bertz CT molecular complexity index is 6240. The summed E-state index contributed by atoms with van der Waals surface area (Å²) in [5.41, 5.74) is 7.45. The van der Waals surface area contributed by atoms with Crippen molar-refractivity contribution in [3.05, 3.63) is 319 Å². The standard InChI is InChI=1S/C25H21NO4S.C24H18FNO4S.C24H18FNO3S.C24H19NO4S/c1-15-13-17(6-11-21(15)28)25-24(20-10-7-18(27)14-22(20)31-25)30-19-8-3-16(4-9-19)5-12-23(29)26-2;1-26-22(29)11-4-14-2-7-17(8-3-14)30-23-18-9-6-16(27)13-21(18)31-24(23)15-5-10-20(28)19(25)12-15;1-26-22(28)13-4-15-2-10-19(11-3-15)29-23-20-12-9-18(27)14-21(20)30-24(23)16-5-7-17(25)8-6-16;1-25-22(28)13-4-15-2-10-19(11-3-15)29-23-20-12-9-18(27)14-21(20)30-24(23)16-5-7-17(26)8-6-16/h3-14,27-28H,1-2H3,(H,26,29);2-13,27-28H,1H3,(H,26,29);2-14,27H,1H3,(H,26,28);2-14,26-27H,1H3,(H,25,28)/b12-5+;11-4+;2*13-4+. The minimum Gasteiger partial charge on any atom is -0.508 e. The van der Waals surface area contributed by atoms with E-state index in [0.29, 0.717) is 56.4 Å². The van der Waals surface area contributed by atoms with Crippen LogP contribution in [0.1, 0.15) is 27.8 Å². The van der Waals surface area contributed by atoms with Gasteiger partial charge in [-0.3, -0.25) is 19.2 Å². The zero-order valence-electron chi connectivity index (χ0n) is 65.7. The van der Waals surface area contributed by atoms with E-state index in [9.17, 15) is 63.7 Å². The van der Waals surface area contributed by atoms with Crippen LogP contribution in [0, 0.1) is 18.6 Å². The Kier molecular flexibility index (Phi) is 27.2. The van der Waals surface area contributed by atoms with E-state index in [4.69, 9.17) is 18.9 Å². The van der Waals surface area contributed by atoms with Crippen LogP contribution in [0.15, 0.2) is 279 Å². The number of hydrogen-bond acceptors (Lipinski definition) is 19. The molecular formula is C97H76F2N4O15S4. The number of phenolic OH excluding ortho intramolecular Hbond substituents is 7. The number of halogens is 2. The van der Waals surface area contributed by atoms with E-state index < -0.39 is 11.6 Å². The Morgan fingerprint density at radius 1 is 0.295 bits per heavy atom. The van der Waals surface area contributed by atoms with Crippen molar-refractivity contribution in [3.63, 3.8) is 0 Å². The summed E-state index contributed by atoms with van der Waals surface area (Å²) in [4.78, 5) is 48.7. The average molecular weight is 1700 g/mol. The Hall–Kier alpha value is -15.0. The van der Waals surface area contributed by atoms with E-state index in [1.807, 2.05) is 134 Å². The predicted molar refractivity (Wildman–Crippen MR) is 484 cm³/mol. The number of phenols is 7. The molecule has 16 rings (SSSR count). The molecule has 0 unspecified atom stereocenters. The smallest absolute Gasteiger partial charge is 0.243 e. The molecule has 0 spiro atoms. The number of rotatable bonds is 20. The summed E-state index contributed by atoms with van der Waals surface area (Å²) in [6.45, 7) is 1.85. The van der Waals surface area contributed by atoms with Gasteiger partial charge in [-0.05, 0) is 275 Å². The molecule has 0 fully saturated rings. The van der Waals surface area contributed by atoms with E-state index >= 15 is 0 Å². The molecule has 4 amide bonds. The molecule has 25 heteroatoms. The summed E-state index contributed by atoms with van der Waals surface area (Å²) in [7, 11) is 6.31. The Balaban J connectivity index is 0.000000140. The molecule has 11 N–H and O–H groups in total. The molecule has 12 aromatic carbocycles. The van der Waals surface area contributed by atoms with E-state index in [-0.39, 0.29) is 63.9 Å². The van der Waals surface area contributed by atoms with Crippen molar-refractivity contribution < 1.29 is 82.7 Å². The topological polar surface area (TPSA) is 295 Å². The fourth-order valence-corrected chi connectivity index (χ4v) is 16.8. The molecule has 19 nitrogen and oxygen atoms in total. The summed E-state index contributed by atoms with van der Waals surface area (Å²) in [6.07, 6.45) is 12.7. The number of aromatic hydroxyl groups is 7. The van der Waals surface area contributed by atoms with Gasteiger partial charge in [0.25, 0.3) is 0 Å². The van der Waals surface area contributed by atoms with Crippen LogP contribution in [0.5, 0.6) is 86.2 Å². The highest BCUT2D eigenvalue weighted by molar-refractivity contribution is 7.24. The highest BCUT2D eigenvalue weighted by atomic mass is 32.1. The molecule has 0 aliphatic carbocycles. The number of hydrogen-bond donors (Lipinski definition) is 11. The molecular weight excluding hydrogens is 1630 g/mol. The van der Waals surface area contributed by atoms with E-state index in [1.165, 1.54) is 93.9 Å². The number of carbonyl (C=O) groups is 4. The van der Waals surface area contributed by atoms with E-state index in [1.54, 1.807) is 156 Å². The van der Waals surface area contributed by atoms with Crippen molar-refractivity contribution in [3.8, 4) is 128 Å². The minimum absolute atomic E-state index is 0.121. The van der Waals surface area contributed by atoms with Crippen LogP contribution in [0.25, 0.3) is 106 Å². The van der Waals surface area contributed by atoms with Gasteiger partial charge in [-0.2, -0.15) is 0 Å². The molecule has 4 heterocycles. The maximum Gasteiger partial charge on any atom is 0.243 e. The first-order valence-corrected chi connectivity index (χ1v) is 40.8. The van der Waals surface area contributed by atoms with Gasteiger partial charge < -0.3 is 76.0 Å². The van der Waals surface area contributed by atoms with E-state index in [2.05, 4.69) is 21.3 Å². The van der Waals surface area contributed by atoms with E-state index in [0.717, 1.165) is 99.5 Å². The first-order chi connectivity index (χ1) is 58.9. The summed E-state index contributed by atoms with van der Waals surface area (Å²) in [5, 5.41) is 82.1. The second-order valence-electron chi connectivity index (χ2n) is 27.0. The normalized spacial score (nSPS) is 11.1. The van der Waals surface area contributed by atoms with Crippen molar-refractivity contribution >= 4 is 134 Å². The number of amides is 4. The van der Waals surface area contributed by atoms with Crippen molar-refractivity contribution in [2.24, 2.45) is 0 Å². The first-order valence-electron chi connectivity index (χ1n) is 37.5.